The van der Waals surface area contributed by atoms with Crippen LogP contribution in [0.15, 0.2) is 53.4 Å². The van der Waals surface area contributed by atoms with Crippen LogP contribution in [-0.2, 0) is 24.2 Å². The summed E-state index contributed by atoms with van der Waals surface area (Å²) >= 11 is 6.35. The van der Waals surface area contributed by atoms with Gasteiger partial charge in [0.25, 0.3) is 11.8 Å². The first kappa shape index (κ1) is 23.6. The van der Waals surface area contributed by atoms with Gasteiger partial charge in [-0.25, -0.2) is 12.8 Å². The topological polar surface area (TPSA) is 104 Å². The number of nitrogens with one attached hydrogen (secondary N) is 1. The largest absolute Gasteiger partial charge is 0.325 e. The molecule has 2 aromatic carbocycles. The Morgan fingerprint density at radius 1 is 1.11 bits per heavy atom. The molecule has 5 rings (SSSR count). The fraction of sp³-hybridized carbons (Fsp3) is 0.217. The van der Waals surface area contributed by atoms with Gasteiger partial charge in [0.05, 0.1) is 33.7 Å². The summed E-state index contributed by atoms with van der Waals surface area (Å²) in [7, 11) is -3.25. The van der Waals surface area contributed by atoms with E-state index in [1.54, 1.807) is 24.3 Å². The Kier molecular flexibility index (Phi) is 5.98. The molecule has 0 aliphatic carbocycles. The zero-order valence-electron chi connectivity index (χ0n) is 18.1. The second kappa shape index (κ2) is 8.85. The van der Waals surface area contributed by atoms with Crippen molar-refractivity contribution in [2.45, 2.75) is 12.5 Å². The third kappa shape index (κ3) is 4.37. The van der Waals surface area contributed by atoms with Gasteiger partial charge in [-0.05, 0) is 36.8 Å². The first-order valence-corrected chi connectivity index (χ1v) is 13.7. The standard InChI is InChI=1S/C23H18FN3O5S3/c24-13-5-7-14(8-6-13)25-18(28)11-26-17-4-2-1-3-16(17)19(21(26)29)20-22(30)27(23(33)34-20)15-9-10-35(31,32)12-15/h1-8,15H,9-12H2,(H,25,28)/b20-19-. The number of benzene rings is 2. The molecule has 1 atom stereocenters. The van der Waals surface area contributed by atoms with Crippen LogP contribution in [0.25, 0.3) is 5.57 Å². The molecule has 8 nitrogen and oxygen atoms in total. The molecular weight excluding hydrogens is 513 g/mol. The lowest BCUT2D eigenvalue weighted by atomic mass is 10.1. The number of para-hydroxylation sites is 1. The van der Waals surface area contributed by atoms with Gasteiger partial charge >= 0.3 is 0 Å². The Balaban J connectivity index is 1.44. The minimum absolute atomic E-state index is 0.0145. The maximum absolute atomic E-state index is 13.5. The second-order valence-electron chi connectivity index (χ2n) is 8.27. The Bertz CT molecular complexity index is 1420. The lowest BCUT2D eigenvalue weighted by Crippen LogP contribution is -2.39. The molecule has 1 unspecified atom stereocenters. The molecule has 0 radical (unpaired) electrons. The average Bonchev–Trinajstić information content (AvgIpc) is 3.40. The van der Waals surface area contributed by atoms with E-state index in [2.05, 4.69) is 5.32 Å². The molecule has 2 aromatic rings. The minimum atomic E-state index is -3.25. The number of fused-ring (bicyclic) bond motifs is 1. The van der Waals surface area contributed by atoms with E-state index in [1.165, 1.54) is 34.1 Å². The van der Waals surface area contributed by atoms with Gasteiger partial charge < -0.3 is 5.32 Å². The van der Waals surface area contributed by atoms with Crippen molar-refractivity contribution in [2.24, 2.45) is 0 Å². The Morgan fingerprint density at radius 3 is 2.51 bits per heavy atom. The summed E-state index contributed by atoms with van der Waals surface area (Å²) in [6.45, 7) is -0.322. The van der Waals surface area contributed by atoms with Gasteiger partial charge in [0.15, 0.2) is 9.84 Å². The highest BCUT2D eigenvalue weighted by Crippen LogP contribution is 2.45. The normalized spacial score (nSPS) is 23.2. The molecule has 2 saturated heterocycles. The van der Waals surface area contributed by atoms with E-state index >= 15 is 0 Å². The van der Waals surface area contributed by atoms with Crippen molar-refractivity contribution in [1.82, 2.24) is 4.90 Å². The molecular formula is C23H18FN3O5S3. The van der Waals surface area contributed by atoms with Gasteiger partial charge in [0.2, 0.25) is 5.91 Å². The molecule has 12 heteroatoms. The van der Waals surface area contributed by atoms with Gasteiger partial charge in [-0.15, -0.1) is 0 Å². The summed E-state index contributed by atoms with van der Waals surface area (Å²) in [6.07, 6.45) is 0.289. The SMILES string of the molecule is O=C(CN1C(=O)/C(=C2\SC(=S)N(C3CCS(=O)(=O)C3)C2=O)c2ccccc21)Nc1ccc(F)cc1. The summed E-state index contributed by atoms with van der Waals surface area (Å²) in [6, 6.07) is 11.5. The molecule has 0 bridgehead atoms. The van der Waals surface area contributed by atoms with Crippen LogP contribution >= 0.6 is 24.0 Å². The number of hydrogen-bond acceptors (Lipinski definition) is 7. The van der Waals surface area contributed by atoms with Crippen LogP contribution in [0.3, 0.4) is 0 Å². The van der Waals surface area contributed by atoms with Crippen LogP contribution in [0.5, 0.6) is 0 Å². The summed E-state index contributed by atoms with van der Waals surface area (Å²) < 4.78 is 37.2. The van der Waals surface area contributed by atoms with E-state index in [4.69, 9.17) is 12.2 Å². The number of nitrogens with zero attached hydrogens (tertiary/aromatic N) is 2. The first-order chi connectivity index (χ1) is 16.6. The van der Waals surface area contributed by atoms with E-state index in [0.717, 1.165) is 11.8 Å². The zero-order chi connectivity index (χ0) is 24.9. The van der Waals surface area contributed by atoms with Gasteiger partial charge in [-0.3, -0.25) is 24.2 Å². The van der Waals surface area contributed by atoms with E-state index in [-0.39, 0.29) is 39.3 Å². The van der Waals surface area contributed by atoms with Crippen molar-refractivity contribution in [3.63, 3.8) is 0 Å². The fourth-order valence-electron chi connectivity index (χ4n) is 4.36. The highest BCUT2D eigenvalue weighted by molar-refractivity contribution is 8.26. The number of halogens is 1. The Morgan fingerprint density at radius 2 is 1.83 bits per heavy atom. The number of sulfone groups is 1. The summed E-state index contributed by atoms with van der Waals surface area (Å²) in [5, 5.41) is 2.63. The smallest absolute Gasteiger partial charge is 0.267 e. The highest BCUT2D eigenvalue weighted by atomic mass is 32.2. The van der Waals surface area contributed by atoms with Crippen LogP contribution in [0, 0.1) is 5.82 Å². The molecule has 2 fully saturated rings. The van der Waals surface area contributed by atoms with Crippen LogP contribution in [0.1, 0.15) is 12.0 Å². The van der Waals surface area contributed by atoms with Gasteiger partial charge in [0.1, 0.15) is 16.7 Å². The zero-order valence-corrected chi connectivity index (χ0v) is 20.5. The van der Waals surface area contributed by atoms with Crippen LogP contribution < -0.4 is 10.2 Å². The number of thioether (sulfide) groups is 1. The quantitative estimate of drug-likeness (QED) is 0.478. The third-order valence-electron chi connectivity index (χ3n) is 5.95. The number of thiocarbonyl (C=S) groups is 1. The van der Waals surface area contributed by atoms with Crippen LogP contribution in [0.2, 0.25) is 0 Å². The monoisotopic (exact) mass is 531 g/mol. The molecule has 0 spiro atoms. The maximum atomic E-state index is 13.5. The predicted octanol–water partition coefficient (Wildman–Crippen LogP) is 2.57. The van der Waals surface area contributed by atoms with E-state index in [0.29, 0.717) is 16.9 Å². The van der Waals surface area contributed by atoms with Crippen molar-refractivity contribution in [3.05, 3.63) is 64.8 Å². The fourth-order valence-corrected chi connectivity index (χ4v) is 7.53. The van der Waals surface area contributed by atoms with Crippen molar-refractivity contribution in [2.75, 3.05) is 28.3 Å². The minimum Gasteiger partial charge on any atom is -0.325 e. The molecule has 0 aromatic heterocycles. The van der Waals surface area contributed by atoms with Crippen molar-refractivity contribution in [1.29, 1.82) is 0 Å². The van der Waals surface area contributed by atoms with E-state index < -0.39 is 39.4 Å². The molecule has 180 valence electrons. The lowest BCUT2D eigenvalue weighted by Gasteiger charge is -2.21. The number of amides is 3. The molecule has 3 aliphatic rings. The van der Waals surface area contributed by atoms with E-state index in [9.17, 15) is 27.2 Å². The number of hydrogen-bond donors (Lipinski definition) is 1. The summed E-state index contributed by atoms with van der Waals surface area (Å²) in [5.41, 5.74) is 1.47. The van der Waals surface area contributed by atoms with Crippen LogP contribution in [0.4, 0.5) is 15.8 Å². The van der Waals surface area contributed by atoms with Crippen molar-refractivity contribution >= 4 is 72.8 Å². The number of rotatable bonds is 4. The summed E-state index contributed by atoms with van der Waals surface area (Å²) in [5.74, 6) is -2.15. The van der Waals surface area contributed by atoms with Crippen molar-refractivity contribution in [3.8, 4) is 0 Å². The van der Waals surface area contributed by atoms with Gasteiger partial charge in [0, 0.05) is 11.3 Å². The lowest BCUT2D eigenvalue weighted by molar-refractivity contribution is -0.123. The Hall–Kier alpha value is -3.09. The number of carbonyl (C=O) groups is 3. The number of carbonyl (C=O) groups excluding carboxylic acids is 3. The second-order valence-corrected chi connectivity index (χ2v) is 12.1. The van der Waals surface area contributed by atoms with Gasteiger partial charge in [-0.2, -0.15) is 0 Å². The molecule has 3 amide bonds. The average molecular weight is 532 g/mol. The third-order valence-corrected chi connectivity index (χ3v) is 9.10. The molecule has 1 N–H and O–H groups in total. The number of anilines is 2. The molecule has 3 heterocycles. The first-order valence-electron chi connectivity index (χ1n) is 10.6. The molecule has 35 heavy (non-hydrogen) atoms. The molecule has 0 saturated carbocycles. The summed E-state index contributed by atoms with van der Waals surface area (Å²) in [4.78, 5) is 42.2. The van der Waals surface area contributed by atoms with Gasteiger partial charge in [-0.1, -0.05) is 42.2 Å². The predicted molar refractivity (Wildman–Crippen MR) is 135 cm³/mol. The maximum Gasteiger partial charge on any atom is 0.267 e. The Labute approximate surface area is 210 Å². The highest BCUT2D eigenvalue weighted by Gasteiger charge is 2.46. The van der Waals surface area contributed by atoms with E-state index in [1.807, 2.05) is 0 Å². The van der Waals surface area contributed by atoms with Crippen LogP contribution in [-0.4, -0.2) is 59.5 Å². The van der Waals surface area contributed by atoms with Crippen molar-refractivity contribution < 1.29 is 27.2 Å². The molecule has 3 aliphatic heterocycles.